The number of alkyl halides is 3. The zero-order valence-corrected chi connectivity index (χ0v) is 16.2. The summed E-state index contributed by atoms with van der Waals surface area (Å²) >= 11 is 11.9. The summed E-state index contributed by atoms with van der Waals surface area (Å²) in [4.78, 5) is 24.3. The SMILES string of the molecule is NC(=CC(=Nc1ccc(NC(=O)c2c(Cl)cncc2Cl)cn1)C1CC1)C(F)(F)F. The number of aromatic nitrogens is 2. The van der Waals surface area contributed by atoms with Crippen LogP contribution >= 0.6 is 23.2 Å². The molecule has 3 N–H and O–H groups in total. The lowest BCUT2D eigenvalue weighted by atomic mass is 10.2. The second-order valence-electron chi connectivity index (χ2n) is 6.25. The van der Waals surface area contributed by atoms with Crippen LogP contribution < -0.4 is 11.1 Å². The Labute approximate surface area is 173 Å². The summed E-state index contributed by atoms with van der Waals surface area (Å²) in [5.41, 5.74) is 4.50. The highest BCUT2D eigenvalue weighted by molar-refractivity contribution is 6.40. The number of anilines is 1. The molecule has 0 radical (unpaired) electrons. The van der Waals surface area contributed by atoms with Crippen molar-refractivity contribution in [3.05, 3.63) is 58.1 Å². The van der Waals surface area contributed by atoms with Crippen molar-refractivity contribution < 1.29 is 18.0 Å². The number of halogens is 5. The molecule has 0 aromatic carbocycles. The fraction of sp³-hybridized carbons (Fsp3) is 0.222. The second-order valence-corrected chi connectivity index (χ2v) is 7.06. The summed E-state index contributed by atoms with van der Waals surface area (Å²) < 4.78 is 38.0. The van der Waals surface area contributed by atoms with Gasteiger partial charge in [-0.3, -0.25) is 9.78 Å². The van der Waals surface area contributed by atoms with Gasteiger partial charge in [0.15, 0.2) is 5.82 Å². The van der Waals surface area contributed by atoms with E-state index in [0.29, 0.717) is 5.69 Å². The first-order valence-electron chi connectivity index (χ1n) is 8.34. The van der Waals surface area contributed by atoms with Crippen LogP contribution in [-0.4, -0.2) is 27.8 Å². The smallest absolute Gasteiger partial charge is 0.395 e. The Balaban J connectivity index is 1.77. The summed E-state index contributed by atoms with van der Waals surface area (Å²) in [7, 11) is 0. The van der Waals surface area contributed by atoms with Crippen LogP contribution in [0.15, 0.2) is 47.5 Å². The summed E-state index contributed by atoms with van der Waals surface area (Å²) in [5.74, 6) is -0.441. The lowest BCUT2D eigenvalue weighted by Crippen LogP contribution is -2.21. The first-order valence-corrected chi connectivity index (χ1v) is 9.10. The molecule has 1 fully saturated rings. The molecule has 0 saturated heterocycles. The number of allylic oxidation sites excluding steroid dienone is 2. The van der Waals surface area contributed by atoms with Gasteiger partial charge in [-0.15, -0.1) is 0 Å². The maximum atomic E-state index is 12.7. The molecule has 2 aromatic rings. The highest BCUT2D eigenvalue weighted by Gasteiger charge is 2.34. The molecule has 29 heavy (non-hydrogen) atoms. The summed E-state index contributed by atoms with van der Waals surface area (Å²) in [6.45, 7) is 0. The van der Waals surface area contributed by atoms with Gasteiger partial charge in [0, 0.05) is 24.0 Å². The van der Waals surface area contributed by atoms with Gasteiger partial charge >= 0.3 is 6.18 Å². The van der Waals surface area contributed by atoms with Crippen LogP contribution in [0.3, 0.4) is 0 Å². The van der Waals surface area contributed by atoms with Crippen LogP contribution in [0.1, 0.15) is 23.2 Å². The average molecular weight is 444 g/mol. The molecule has 0 spiro atoms. The number of hydrogen-bond acceptors (Lipinski definition) is 5. The van der Waals surface area contributed by atoms with Crippen LogP contribution in [0.2, 0.25) is 10.0 Å². The highest BCUT2D eigenvalue weighted by atomic mass is 35.5. The van der Waals surface area contributed by atoms with Crippen LogP contribution in [-0.2, 0) is 0 Å². The fourth-order valence-corrected chi connectivity index (χ4v) is 2.88. The molecular weight excluding hydrogens is 430 g/mol. The number of pyridine rings is 2. The van der Waals surface area contributed by atoms with E-state index >= 15 is 0 Å². The molecule has 11 heteroatoms. The van der Waals surface area contributed by atoms with E-state index in [9.17, 15) is 18.0 Å². The summed E-state index contributed by atoms with van der Waals surface area (Å²) in [5, 5.41) is 2.76. The molecule has 1 aliphatic rings. The normalized spacial score (nSPS) is 15.3. The van der Waals surface area contributed by atoms with E-state index in [4.69, 9.17) is 28.9 Å². The molecule has 1 amide bonds. The number of rotatable bonds is 5. The van der Waals surface area contributed by atoms with Gasteiger partial charge < -0.3 is 11.1 Å². The number of hydrogen-bond donors (Lipinski definition) is 2. The highest BCUT2D eigenvalue weighted by Crippen LogP contribution is 2.34. The van der Waals surface area contributed by atoms with E-state index in [-0.39, 0.29) is 33.1 Å². The molecular formula is C18H14Cl2F3N5O. The number of carbonyl (C=O) groups is 1. The van der Waals surface area contributed by atoms with E-state index in [1.165, 1.54) is 30.7 Å². The monoisotopic (exact) mass is 443 g/mol. The molecule has 0 aliphatic heterocycles. The van der Waals surface area contributed by atoms with E-state index in [0.717, 1.165) is 18.9 Å². The van der Waals surface area contributed by atoms with Crippen LogP contribution in [0.5, 0.6) is 0 Å². The molecule has 6 nitrogen and oxygen atoms in total. The van der Waals surface area contributed by atoms with Crippen molar-refractivity contribution >= 4 is 46.3 Å². The summed E-state index contributed by atoms with van der Waals surface area (Å²) in [6.07, 6.45) is 1.59. The third kappa shape index (κ3) is 5.45. The third-order valence-electron chi connectivity index (χ3n) is 3.96. The molecule has 1 aliphatic carbocycles. The molecule has 0 unspecified atom stereocenters. The van der Waals surface area contributed by atoms with E-state index in [2.05, 4.69) is 20.3 Å². The van der Waals surface area contributed by atoms with Gasteiger partial charge in [-0.25, -0.2) is 9.98 Å². The Morgan fingerprint density at radius 1 is 1.21 bits per heavy atom. The zero-order valence-electron chi connectivity index (χ0n) is 14.7. The van der Waals surface area contributed by atoms with Gasteiger partial charge in [0.25, 0.3) is 5.91 Å². The van der Waals surface area contributed by atoms with Gasteiger partial charge in [0.05, 0.1) is 27.5 Å². The fourth-order valence-electron chi connectivity index (χ4n) is 2.34. The molecule has 152 valence electrons. The first-order chi connectivity index (χ1) is 13.6. The average Bonchev–Trinajstić information content (AvgIpc) is 3.47. The largest absolute Gasteiger partial charge is 0.430 e. The van der Waals surface area contributed by atoms with Gasteiger partial charge in [0.1, 0.15) is 5.70 Å². The number of nitrogens with two attached hydrogens (primary N) is 1. The van der Waals surface area contributed by atoms with Crippen molar-refractivity contribution in [2.45, 2.75) is 19.0 Å². The van der Waals surface area contributed by atoms with Gasteiger partial charge in [-0.2, -0.15) is 13.2 Å². The quantitative estimate of drug-likeness (QED) is 0.641. The minimum atomic E-state index is -4.62. The molecule has 3 rings (SSSR count). The zero-order chi connectivity index (χ0) is 21.2. The predicted molar refractivity (Wildman–Crippen MR) is 105 cm³/mol. The van der Waals surface area contributed by atoms with Crippen LogP contribution in [0.25, 0.3) is 0 Å². The lowest BCUT2D eigenvalue weighted by molar-refractivity contribution is -0.0925. The van der Waals surface area contributed by atoms with E-state index < -0.39 is 17.8 Å². The van der Waals surface area contributed by atoms with Gasteiger partial charge in [-0.1, -0.05) is 23.2 Å². The Morgan fingerprint density at radius 3 is 2.38 bits per heavy atom. The number of nitrogens with one attached hydrogen (secondary N) is 1. The van der Waals surface area contributed by atoms with E-state index in [1.807, 2.05) is 0 Å². The molecule has 0 atom stereocenters. The van der Waals surface area contributed by atoms with Crippen LogP contribution in [0, 0.1) is 5.92 Å². The van der Waals surface area contributed by atoms with Gasteiger partial charge in [-0.05, 0) is 31.1 Å². The van der Waals surface area contributed by atoms with Crippen molar-refractivity contribution in [1.82, 2.24) is 9.97 Å². The van der Waals surface area contributed by atoms with Crippen molar-refractivity contribution in [2.24, 2.45) is 16.6 Å². The predicted octanol–water partition coefficient (Wildman–Crippen LogP) is 4.92. The Hall–Kier alpha value is -2.65. The maximum Gasteiger partial charge on any atom is 0.430 e. The minimum absolute atomic E-state index is 0.0641. The van der Waals surface area contributed by atoms with Crippen molar-refractivity contribution in [1.29, 1.82) is 0 Å². The number of nitrogens with zero attached hydrogens (tertiary/aromatic N) is 3. The first kappa shape index (κ1) is 21.1. The number of aliphatic imine (C=N–C) groups is 1. The Kier molecular flexibility index (Phi) is 6.09. The van der Waals surface area contributed by atoms with Crippen molar-refractivity contribution in [3.63, 3.8) is 0 Å². The number of carbonyl (C=O) groups excluding carboxylic acids is 1. The lowest BCUT2D eigenvalue weighted by Gasteiger charge is -2.09. The minimum Gasteiger partial charge on any atom is -0.395 e. The maximum absolute atomic E-state index is 12.7. The molecule has 2 aromatic heterocycles. The molecule has 0 bridgehead atoms. The standard InChI is InChI=1S/C18H14Cl2F3N5O/c19-11-7-25-8-12(20)16(11)17(29)27-10-3-4-15(26-6-10)28-13(9-1-2-9)5-14(24)18(21,22)23/h3-9H,1-2,24H2,(H,27,29). The number of amides is 1. The summed E-state index contributed by atoms with van der Waals surface area (Å²) in [6, 6.07) is 2.97. The topological polar surface area (TPSA) is 93.3 Å². The second kappa shape index (κ2) is 8.38. The molecule has 1 saturated carbocycles. The Morgan fingerprint density at radius 2 is 1.86 bits per heavy atom. The van der Waals surface area contributed by atoms with E-state index in [1.54, 1.807) is 0 Å². The molecule has 2 heterocycles. The van der Waals surface area contributed by atoms with Crippen LogP contribution in [0.4, 0.5) is 24.7 Å². The van der Waals surface area contributed by atoms with Crippen molar-refractivity contribution in [2.75, 3.05) is 5.32 Å². The van der Waals surface area contributed by atoms with Gasteiger partial charge in [0.2, 0.25) is 0 Å². The van der Waals surface area contributed by atoms with Crippen molar-refractivity contribution in [3.8, 4) is 0 Å². The third-order valence-corrected chi connectivity index (χ3v) is 4.53. The Bertz CT molecular complexity index is 966.